The number of thioether (sulfide) groups is 1. The quantitative estimate of drug-likeness (QED) is 0.488. The van der Waals surface area contributed by atoms with Crippen LogP contribution >= 0.6 is 11.8 Å². The minimum Gasteiger partial charge on any atom is -0.461 e. The largest absolute Gasteiger partial charge is 0.461 e. The molecule has 0 radical (unpaired) electrons. The van der Waals surface area contributed by atoms with E-state index in [9.17, 15) is 13.2 Å². The summed E-state index contributed by atoms with van der Waals surface area (Å²) >= 11 is 1.24. The molecule has 1 amide bonds. The van der Waals surface area contributed by atoms with Crippen LogP contribution in [0.1, 0.15) is 12.5 Å². The third kappa shape index (κ3) is 5.94. The molecule has 2 heterocycles. The van der Waals surface area contributed by atoms with Crippen molar-refractivity contribution in [2.45, 2.75) is 18.6 Å². The van der Waals surface area contributed by atoms with Gasteiger partial charge in [-0.1, -0.05) is 49.0 Å². The zero-order valence-corrected chi connectivity index (χ0v) is 17.6. The average molecular weight is 435 g/mol. The minimum absolute atomic E-state index is 0.0628. The molecule has 0 unspecified atom stereocenters. The lowest BCUT2D eigenvalue weighted by Crippen LogP contribution is -2.30. The third-order valence-electron chi connectivity index (χ3n) is 4.15. The molecule has 154 valence electrons. The fraction of sp³-hybridized carbons (Fsp3) is 0.316. The molecule has 1 aromatic carbocycles. The number of aromatic nitrogens is 3. The molecular formula is C19H22N4O4S2. The van der Waals surface area contributed by atoms with Crippen LogP contribution < -0.4 is 5.32 Å². The highest BCUT2D eigenvalue weighted by Crippen LogP contribution is 2.25. The van der Waals surface area contributed by atoms with Crippen molar-refractivity contribution in [3.63, 3.8) is 0 Å². The topological polar surface area (TPSA) is 107 Å². The Morgan fingerprint density at radius 1 is 1.17 bits per heavy atom. The monoisotopic (exact) mass is 434 g/mol. The Kier molecular flexibility index (Phi) is 7.10. The van der Waals surface area contributed by atoms with Gasteiger partial charge < -0.3 is 9.73 Å². The Balaban J connectivity index is 1.68. The van der Waals surface area contributed by atoms with Gasteiger partial charge in [-0.25, -0.2) is 8.42 Å². The molecule has 1 N–H and O–H groups in total. The molecule has 2 aromatic heterocycles. The Morgan fingerprint density at radius 2 is 1.97 bits per heavy atom. The first kappa shape index (κ1) is 21.1. The molecule has 8 nitrogen and oxygen atoms in total. The van der Waals surface area contributed by atoms with Crippen LogP contribution in [0.5, 0.6) is 0 Å². The van der Waals surface area contributed by atoms with E-state index in [1.165, 1.54) is 11.8 Å². The van der Waals surface area contributed by atoms with Crippen LogP contribution in [0.2, 0.25) is 0 Å². The molecule has 0 saturated heterocycles. The molecule has 3 rings (SSSR count). The Labute approximate surface area is 173 Å². The lowest BCUT2D eigenvalue weighted by atomic mass is 10.2. The van der Waals surface area contributed by atoms with Crippen LogP contribution in [0.15, 0.2) is 58.3 Å². The summed E-state index contributed by atoms with van der Waals surface area (Å²) in [4.78, 5) is 12.1. The van der Waals surface area contributed by atoms with Crippen molar-refractivity contribution in [1.29, 1.82) is 0 Å². The summed E-state index contributed by atoms with van der Waals surface area (Å²) in [7, 11) is -3.10. The SMILES string of the molecule is CCS(=O)(=O)CCNC(=O)CSc1nnc(-c2ccco2)n1Cc1ccccc1. The summed E-state index contributed by atoms with van der Waals surface area (Å²) in [6, 6.07) is 13.4. The van der Waals surface area contributed by atoms with E-state index in [4.69, 9.17) is 4.42 Å². The summed E-state index contributed by atoms with van der Waals surface area (Å²) < 4.78 is 30.4. The van der Waals surface area contributed by atoms with Gasteiger partial charge >= 0.3 is 0 Å². The van der Waals surface area contributed by atoms with Crippen molar-refractivity contribution < 1.29 is 17.6 Å². The first-order chi connectivity index (χ1) is 14.0. The molecule has 0 aliphatic carbocycles. The molecule has 0 aliphatic rings. The molecule has 0 atom stereocenters. The summed E-state index contributed by atoms with van der Waals surface area (Å²) in [5.41, 5.74) is 1.07. The number of nitrogens with one attached hydrogen (secondary N) is 1. The molecule has 0 saturated carbocycles. The number of benzene rings is 1. The number of furan rings is 1. The van der Waals surface area contributed by atoms with Gasteiger partial charge in [0.05, 0.1) is 24.3 Å². The first-order valence-corrected chi connectivity index (χ1v) is 11.9. The van der Waals surface area contributed by atoms with Crippen LogP contribution in [0.3, 0.4) is 0 Å². The van der Waals surface area contributed by atoms with E-state index in [0.29, 0.717) is 23.3 Å². The molecule has 0 spiro atoms. The second-order valence-corrected chi connectivity index (χ2v) is 9.65. The summed E-state index contributed by atoms with van der Waals surface area (Å²) in [5, 5.41) is 11.7. The van der Waals surface area contributed by atoms with Crippen molar-refractivity contribution in [1.82, 2.24) is 20.1 Å². The van der Waals surface area contributed by atoms with Crippen LogP contribution in [0, 0.1) is 0 Å². The average Bonchev–Trinajstić information content (AvgIpc) is 3.37. The highest BCUT2D eigenvalue weighted by Gasteiger charge is 2.18. The highest BCUT2D eigenvalue weighted by atomic mass is 32.2. The zero-order chi connectivity index (χ0) is 20.7. The smallest absolute Gasteiger partial charge is 0.230 e. The van der Waals surface area contributed by atoms with Crippen LogP contribution in [0.4, 0.5) is 0 Å². The maximum absolute atomic E-state index is 12.1. The molecule has 29 heavy (non-hydrogen) atoms. The van der Waals surface area contributed by atoms with Gasteiger partial charge in [0.25, 0.3) is 0 Å². The van der Waals surface area contributed by atoms with Gasteiger partial charge in [-0.15, -0.1) is 10.2 Å². The van der Waals surface area contributed by atoms with Gasteiger partial charge in [0.2, 0.25) is 11.7 Å². The fourth-order valence-corrected chi connectivity index (χ4v) is 4.03. The highest BCUT2D eigenvalue weighted by molar-refractivity contribution is 7.99. The number of carbonyl (C=O) groups is 1. The predicted molar refractivity (Wildman–Crippen MR) is 111 cm³/mol. The number of hydrogen-bond donors (Lipinski definition) is 1. The number of rotatable bonds is 10. The zero-order valence-electron chi connectivity index (χ0n) is 15.9. The second kappa shape index (κ2) is 9.75. The van der Waals surface area contributed by atoms with E-state index in [2.05, 4.69) is 15.5 Å². The number of carbonyl (C=O) groups excluding carboxylic acids is 1. The van der Waals surface area contributed by atoms with Crippen molar-refractivity contribution in [3.8, 4) is 11.6 Å². The number of sulfone groups is 1. The summed E-state index contributed by atoms with van der Waals surface area (Å²) in [6.45, 7) is 2.22. The van der Waals surface area contributed by atoms with E-state index in [1.807, 2.05) is 34.9 Å². The normalized spacial score (nSPS) is 11.5. The predicted octanol–water partition coefficient (Wildman–Crippen LogP) is 2.23. The molecular weight excluding hydrogens is 412 g/mol. The first-order valence-electron chi connectivity index (χ1n) is 9.09. The maximum atomic E-state index is 12.1. The van der Waals surface area contributed by atoms with Crippen LogP contribution in [-0.4, -0.2) is 52.9 Å². The van der Waals surface area contributed by atoms with Crippen molar-refractivity contribution in [2.24, 2.45) is 0 Å². The van der Waals surface area contributed by atoms with E-state index in [0.717, 1.165) is 5.56 Å². The van der Waals surface area contributed by atoms with E-state index in [-0.39, 0.29) is 29.7 Å². The number of nitrogens with zero attached hydrogens (tertiary/aromatic N) is 3. The van der Waals surface area contributed by atoms with Gasteiger partial charge in [0, 0.05) is 12.3 Å². The van der Waals surface area contributed by atoms with Crippen LogP contribution in [0.25, 0.3) is 11.6 Å². The lowest BCUT2D eigenvalue weighted by Gasteiger charge is -2.09. The van der Waals surface area contributed by atoms with Gasteiger partial charge in [-0.3, -0.25) is 9.36 Å². The fourth-order valence-electron chi connectivity index (χ4n) is 2.56. The Morgan fingerprint density at radius 3 is 2.66 bits per heavy atom. The minimum atomic E-state index is -3.10. The molecule has 3 aromatic rings. The Hall–Kier alpha value is -2.59. The summed E-state index contributed by atoms with van der Waals surface area (Å²) in [6.07, 6.45) is 1.57. The van der Waals surface area contributed by atoms with Gasteiger partial charge in [-0.2, -0.15) is 0 Å². The number of amides is 1. The maximum Gasteiger partial charge on any atom is 0.230 e. The third-order valence-corrected chi connectivity index (χ3v) is 6.82. The summed E-state index contributed by atoms with van der Waals surface area (Å²) in [5.74, 6) is 1.03. The molecule has 0 bridgehead atoms. The Bertz CT molecular complexity index is 1030. The second-order valence-electron chi connectivity index (χ2n) is 6.23. The molecule has 0 fully saturated rings. The van der Waals surface area contributed by atoms with E-state index >= 15 is 0 Å². The van der Waals surface area contributed by atoms with Gasteiger partial charge in [0.1, 0.15) is 0 Å². The van der Waals surface area contributed by atoms with E-state index in [1.54, 1.807) is 25.3 Å². The van der Waals surface area contributed by atoms with Crippen molar-refractivity contribution in [2.75, 3.05) is 23.8 Å². The van der Waals surface area contributed by atoms with Gasteiger partial charge in [0.15, 0.2) is 20.8 Å². The van der Waals surface area contributed by atoms with Crippen LogP contribution in [-0.2, 0) is 21.2 Å². The van der Waals surface area contributed by atoms with Crippen molar-refractivity contribution >= 4 is 27.5 Å². The van der Waals surface area contributed by atoms with E-state index < -0.39 is 9.84 Å². The molecule has 10 heteroatoms. The molecule has 0 aliphatic heterocycles. The van der Waals surface area contributed by atoms with Crippen molar-refractivity contribution in [3.05, 3.63) is 54.3 Å². The van der Waals surface area contributed by atoms with Gasteiger partial charge in [-0.05, 0) is 17.7 Å². The standard InChI is InChI=1S/C19H22N4O4S2/c1-2-29(25,26)12-10-20-17(24)14-28-19-22-21-18(16-9-6-11-27-16)23(19)13-15-7-4-3-5-8-15/h3-9,11H,2,10,12-14H2,1H3,(H,20,24). The number of hydrogen-bond acceptors (Lipinski definition) is 7. The lowest BCUT2D eigenvalue weighted by molar-refractivity contribution is -0.118.